The fourth-order valence-electron chi connectivity index (χ4n) is 2.70. The third-order valence-corrected chi connectivity index (χ3v) is 4.01. The molecule has 0 fully saturated rings. The summed E-state index contributed by atoms with van der Waals surface area (Å²) in [5, 5.41) is 10.2. The first-order chi connectivity index (χ1) is 9.56. The third-order valence-electron chi connectivity index (χ3n) is 4.01. The topological polar surface area (TPSA) is 53.4 Å². The highest BCUT2D eigenvalue weighted by Gasteiger charge is 2.28. The highest BCUT2D eigenvalue weighted by atomic mass is 16.5. The molecule has 4 nitrogen and oxygen atoms in total. The Morgan fingerprint density at radius 3 is 3.00 bits per heavy atom. The molecule has 1 N–H and O–H groups in total. The molecule has 0 bridgehead atoms. The molecule has 2 heterocycles. The molecule has 0 saturated carbocycles. The molecule has 1 atom stereocenters. The van der Waals surface area contributed by atoms with E-state index >= 15 is 0 Å². The largest absolute Gasteiger partial charge is 0.296 e. The second-order valence-electron chi connectivity index (χ2n) is 5.76. The van der Waals surface area contributed by atoms with Crippen LogP contribution in [0.2, 0.25) is 0 Å². The Labute approximate surface area is 118 Å². The summed E-state index contributed by atoms with van der Waals surface area (Å²) in [7, 11) is 0. The Balaban J connectivity index is 1.95. The molecule has 1 aromatic heterocycles. The zero-order valence-electron chi connectivity index (χ0n) is 11.7. The van der Waals surface area contributed by atoms with Gasteiger partial charge in [0.15, 0.2) is 0 Å². The zero-order valence-corrected chi connectivity index (χ0v) is 11.7. The number of amides is 1. The smallest absolute Gasteiger partial charge is 0.285 e. The van der Waals surface area contributed by atoms with Gasteiger partial charge < -0.3 is 0 Å². The van der Waals surface area contributed by atoms with E-state index in [0.717, 1.165) is 23.1 Å². The first-order valence-electron chi connectivity index (χ1n) is 6.94. The molecule has 0 spiro atoms. The normalized spacial score (nSPS) is 21.4. The van der Waals surface area contributed by atoms with Gasteiger partial charge in [-0.2, -0.15) is 0 Å². The molecule has 1 aliphatic carbocycles. The van der Waals surface area contributed by atoms with Crippen molar-refractivity contribution >= 4 is 11.5 Å². The molecule has 1 aliphatic heterocycles. The van der Waals surface area contributed by atoms with Gasteiger partial charge in [-0.15, -0.1) is 0 Å². The van der Waals surface area contributed by atoms with Gasteiger partial charge in [0.1, 0.15) is 5.69 Å². The summed E-state index contributed by atoms with van der Waals surface area (Å²) < 4.78 is 0. The number of hydrogen-bond donors (Lipinski definition) is 1. The lowest BCUT2D eigenvalue weighted by Gasteiger charge is -2.20. The van der Waals surface area contributed by atoms with Gasteiger partial charge >= 0.3 is 0 Å². The maximum absolute atomic E-state index is 11.6. The van der Waals surface area contributed by atoms with E-state index in [0.29, 0.717) is 22.6 Å². The van der Waals surface area contributed by atoms with Gasteiger partial charge in [-0.3, -0.25) is 10.0 Å². The van der Waals surface area contributed by atoms with E-state index in [1.165, 1.54) is 0 Å². The standard InChI is InChI=1S/C16H18N2O2/c1-10(2)11-4-3-5-12(6-11)13-7-14-9-18(20)16(19)15(14)17-8-13/h3,5-8,10-11,20H,4,9H2,1-2H3. The number of hydroxylamine groups is 2. The van der Waals surface area contributed by atoms with E-state index in [-0.39, 0.29) is 6.54 Å². The lowest BCUT2D eigenvalue weighted by atomic mass is 9.85. The maximum Gasteiger partial charge on any atom is 0.296 e. The Kier molecular flexibility index (Phi) is 3.18. The van der Waals surface area contributed by atoms with Gasteiger partial charge in [0, 0.05) is 17.3 Å². The molecular formula is C16H18N2O2. The highest BCUT2D eigenvalue weighted by molar-refractivity contribution is 5.96. The Morgan fingerprint density at radius 2 is 2.25 bits per heavy atom. The summed E-state index contributed by atoms with van der Waals surface area (Å²) in [4.78, 5) is 15.8. The lowest BCUT2D eigenvalue weighted by Crippen LogP contribution is -2.18. The zero-order chi connectivity index (χ0) is 14.3. The molecule has 1 aromatic rings. The van der Waals surface area contributed by atoms with Crippen molar-refractivity contribution in [1.82, 2.24) is 10.0 Å². The first kappa shape index (κ1) is 13.1. The van der Waals surface area contributed by atoms with Gasteiger partial charge in [0.2, 0.25) is 0 Å². The molecular weight excluding hydrogens is 252 g/mol. The van der Waals surface area contributed by atoms with E-state index in [1.807, 2.05) is 6.07 Å². The van der Waals surface area contributed by atoms with Crippen LogP contribution in [0.1, 0.15) is 41.9 Å². The number of carbonyl (C=O) groups excluding carboxylic acids is 1. The molecule has 20 heavy (non-hydrogen) atoms. The number of rotatable bonds is 2. The fraction of sp³-hybridized carbons (Fsp3) is 0.375. The molecule has 3 rings (SSSR count). The molecule has 0 aromatic carbocycles. The average Bonchev–Trinajstić information content (AvgIpc) is 2.74. The fourth-order valence-corrected chi connectivity index (χ4v) is 2.70. The van der Waals surface area contributed by atoms with Crippen molar-refractivity contribution in [1.29, 1.82) is 0 Å². The van der Waals surface area contributed by atoms with Crippen LogP contribution in [0.5, 0.6) is 0 Å². The van der Waals surface area contributed by atoms with Crippen molar-refractivity contribution in [3.8, 4) is 0 Å². The van der Waals surface area contributed by atoms with Crippen LogP contribution >= 0.6 is 0 Å². The molecule has 0 radical (unpaired) electrons. The van der Waals surface area contributed by atoms with Crippen LogP contribution in [-0.4, -0.2) is 21.2 Å². The molecule has 1 unspecified atom stereocenters. The Morgan fingerprint density at radius 1 is 1.45 bits per heavy atom. The number of allylic oxidation sites excluding steroid dienone is 4. The summed E-state index contributed by atoms with van der Waals surface area (Å²) in [6.45, 7) is 4.67. The van der Waals surface area contributed by atoms with Crippen LogP contribution < -0.4 is 0 Å². The van der Waals surface area contributed by atoms with Crippen molar-refractivity contribution in [2.45, 2.75) is 26.8 Å². The van der Waals surface area contributed by atoms with Gasteiger partial charge in [0.25, 0.3) is 5.91 Å². The number of hydrogen-bond acceptors (Lipinski definition) is 3. The summed E-state index contributed by atoms with van der Waals surface area (Å²) in [6.07, 6.45) is 9.37. The van der Waals surface area contributed by atoms with Crippen molar-refractivity contribution in [2.24, 2.45) is 11.8 Å². The van der Waals surface area contributed by atoms with Crippen molar-refractivity contribution in [3.05, 3.63) is 47.3 Å². The highest BCUT2D eigenvalue weighted by Crippen LogP contribution is 2.30. The summed E-state index contributed by atoms with van der Waals surface area (Å²) in [5.74, 6) is 0.728. The number of fused-ring (bicyclic) bond motifs is 1. The molecule has 2 aliphatic rings. The van der Waals surface area contributed by atoms with Crippen molar-refractivity contribution < 1.29 is 10.0 Å². The average molecular weight is 270 g/mol. The quantitative estimate of drug-likeness (QED) is 0.840. The number of carbonyl (C=O) groups is 1. The van der Waals surface area contributed by atoms with E-state index in [2.05, 4.69) is 37.1 Å². The SMILES string of the molecule is CC(C)C1C=C(c2cnc3c(c2)CN(O)C3=O)C=CC1. The van der Waals surface area contributed by atoms with E-state index < -0.39 is 5.91 Å². The molecule has 1 amide bonds. The number of nitrogens with zero attached hydrogens (tertiary/aromatic N) is 2. The molecule has 104 valence electrons. The second kappa shape index (κ2) is 4.87. The van der Waals surface area contributed by atoms with E-state index in [9.17, 15) is 10.0 Å². The minimum atomic E-state index is -0.417. The predicted octanol–water partition coefficient (Wildman–Crippen LogP) is 3.04. The summed E-state index contributed by atoms with van der Waals surface area (Å²) >= 11 is 0. The van der Waals surface area contributed by atoms with Crippen LogP contribution in [0, 0.1) is 11.8 Å². The van der Waals surface area contributed by atoms with Gasteiger partial charge in [-0.25, -0.2) is 10.0 Å². The van der Waals surface area contributed by atoms with E-state index in [4.69, 9.17) is 0 Å². The summed E-state index contributed by atoms with van der Waals surface area (Å²) in [6, 6.07) is 1.95. The van der Waals surface area contributed by atoms with Crippen LogP contribution in [-0.2, 0) is 6.54 Å². The lowest BCUT2D eigenvalue weighted by molar-refractivity contribution is -0.0580. The number of aromatic nitrogens is 1. The van der Waals surface area contributed by atoms with Gasteiger partial charge in [-0.1, -0.05) is 32.1 Å². The molecule has 0 saturated heterocycles. The minimum absolute atomic E-state index is 0.222. The predicted molar refractivity (Wildman–Crippen MR) is 76.0 cm³/mol. The van der Waals surface area contributed by atoms with Crippen LogP contribution in [0.15, 0.2) is 30.5 Å². The first-order valence-corrected chi connectivity index (χ1v) is 6.94. The van der Waals surface area contributed by atoms with Gasteiger partial charge in [0.05, 0.1) is 6.54 Å². The maximum atomic E-state index is 11.6. The monoisotopic (exact) mass is 270 g/mol. The van der Waals surface area contributed by atoms with Crippen LogP contribution in [0.4, 0.5) is 0 Å². The van der Waals surface area contributed by atoms with Crippen molar-refractivity contribution in [3.63, 3.8) is 0 Å². The second-order valence-corrected chi connectivity index (χ2v) is 5.76. The van der Waals surface area contributed by atoms with Crippen molar-refractivity contribution in [2.75, 3.05) is 0 Å². The third kappa shape index (κ3) is 2.16. The van der Waals surface area contributed by atoms with E-state index in [1.54, 1.807) is 6.20 Å². The molecule has 4 heteroatoms. The van der Waals surface area contributed by atoms with Crippen LogP contribution in [0.3, 0.4) is 0 Å². The van der Waals surface area contributed by atoms with Crippen LogP contribution in [0.25, 0.3) is 5.57 Å². The summed E-state index contributed by atoms with van der Waals surface area (Å²) in [5.41, 5.74) is 3.30. The minimum Gasteiger partial charge on any atom is -0.285 e. The Bertz CT molecular complexity index is 617. The Hall–Kier alpha value is -1.94. The number of pyridine rings is 1. The van der Waals surface area contributed by atoms with Gasteiger partial charge in [-0.05, 0) is 29.9 Å².